The molecule has 0 spiro atoms. The monoisotopic (exact) mass is 354 g/mol. The van der Waals surface area contributed by atoms with Crippen LogP contribution in [0.1, 0.15) is 31.2 Å². The van der Waals surface area contributed by atoms with Crippen LogP contribution in [0.15, 0.2) is 18.2 Å². The Morgan fingerprint density at radius 3 is 2.48 bits per heavy atom. The maximum Gasteiger partial charge on any atom is 0.225 e. The molecule has 126 valence electrons. The van der Waals surface area contributed by atoms with Gasteiger partial charge in [-0.25, -0.2) is 0 Å². The van der Waals surface area contributed by atoms with Gasteiger partial charge in [-0.2, -0.15) is 0 Å². The lowest BCUT2D eigenvalue weighted by Crippen LogP contribution is -2.39. The number of amides is 1. The molecule has 1 aromatic rings. The van der Waals surface area contributed by atoms with Gasteiger partial charge in [0.25, 0.3) is 0 Å². The third kappa shape index (κ3) is 4.62. The summed E-state index contributed by atoms with van der Waals surface area (Å²) in [5.74, 6) is 1.31. The van der Waals surface area contributed by atoms with E-state index < -0.39 is 0 Å². The number of carbonyl (C=O) groups excluding carboxylic acids is 1. The first kappa shape index (κ1) is 17.1. The van der Waals surface area contributed by atoms with Crippen LogP contribution >= 0.6 is 23.2 Å². The van der Waals surface area contributed by atoms with Gasteiger partial charge in [-0.3, -0.25) is 9.69 Å². The quantitative estimate of drug-likeness (QED) is 0.795. The number of hydrogen-bond acceptors (Lipinski definition) is 2. The van der Waals surface area contributed by atoms with E-state index >= 15 is 0 Å². The molecule has 1 saturated carbocycles. The van der Waals surface area contributed by atoms with E-state index in [0.717, 1.165) is 51.9 Å². The van der Waals surface area contributed by atoms with Crippen molar-refractivity contribution in [2.24, 2.45) is 11.8 Å². The maximum atomic E-state index is 12.0. The highest BCUT2D eigenvalue weighted by Gasteiger charge is 2.33. The second-order valence-electron chi connectivity index (χ2n) is 6.96. The Balaban J connectivity index is 1.44. The van der Waals surface area contributed by atoms with Gasteiger partial charge in [0.05, 0.1) is 10.0 Å². The minimum atomic E-state index is 0.328. The summed E-state index contributed by atoms with van der Waals surface area (Å²) in [5.41, 5.74) is 1.21. The zero-order chi connectivity index (χ0) is 16.4. The van der Waals surface area contributed by atoms with Gasteiger partial charge in [0.2, 0.25) is 5.91 Å². The van der Waals surface area contributed by atoms with E-state index in [-0.39, 0.29) is 0 Å². The molecule has 2 aliphatic rings. The van der Waals surface area contributed by atoms with Gasteiger partial charge in [-0.15, -0.1) is 0 Å². The second-order valence-corrected chi connectivity index (χ2v) is 7.78. The molecular weight excluding hydrogens is 331 g/mol. The third-order valence-corrected chi connectivity index (χ3v) is 5.67. The summed E-state index contributed by atoms with van der Waals surface area (Å²) < 4.78 is 0. The summed E-state index contributed by atoms with van der Waals surface area (Å²) in [7, 11) is 1.96. The first-order valence-electron chi connectivity index (χ1n) is 8.44. The zero-order valence-electron chi connectivity index (χ0n) is 13.6. The number of nitrogens with zero attached hydrogens (tertiary/aromatic N) is 2. The van der Waals surface area contributed by atoms with Gasteiger partial charge in [0, 0.05) is 26.1 Å². The normalized spacial score (nSPS) is 19.8. The van der Waals surface area contributed by atoms with Gasteiger partial charge >= 0.3 is 0 Å². The molecule has 3 rings (SSSR count). The first-order chi connectivity index (χ1) is 11.0. The summed E-state index contributed by atoms with van der Waals surface area (Å²) >= 11 is 12.0. The number of rotatable bonds is 5. The minimum Gasteiger partial charge on any atom is -0.345 e. The molecule has 0 atom stereocenters. The summed E-state index contributed by atoms with van der Waals surface area (Å²) in [6, 6.07) is 5.87. The molecule has 1 saturated heterocycles. The highest BCUT2D eigenvalue weighted by Crippen LogP contribution is 2.31. The molecule has 0 N–H and O–H groups in total. The predicted molar refractivity (Wildman–Crippen MR) is 94.8 cm³/mol. The lowest BCUT2D eigenvalue weighted by Gasteiger charge is -2.34. The number of carbonyl (C=O) groups is 1. The Hall–Kier alpha value is -0.770. The van der Waals surface area contributed by atoms with Crippen LogP contribution in [-0.2, 0) is 11.3 Å². The van der Waals surface area contributed by atoms with E-state index in [2.05, 4.69) is 4.90 Å². The smallest absolute Gasteiger partial charge is 0.225 e. The summed E-state index contributed by atoms with van der Waals surface area (Å²) in [5, 5.41) is 1.23. The van der Waals surface area contributed by atoms with Crippen molar-refractivity contribution in [1.29, 1.82) is 0 Å². The molecule has 0 bridgehead atoms. The van der Waals surface area contributed by atoms with Gasteiger partial charge in [0.1, 0.15) is 0 Å². The fourth-order valence-electron chi connectivity index (χ4n) is 3.34. The molecule has 5 heteroatoms. The summed E-state index contributed by atoms with van der Waals surface area (Å²) in [6.07, 6.45) is 4.49. The molecule has 1 amide bonds. The van der Waals surface area contributed by atoms with Crippen molar-refractivity contribution in [3.8, 4) is 0 Å². The van der Waals surface area contributed by atoms with Crippen LogP contribution in [0.3, 0.4) is 0 Å². The topological polar surface area (TPSA) is 23.6 Å². The van der Waals surface area contributed by atoms with E-state index in [0.29, 0.717) is 27.8 Å². The zero-order valence-corrected chi connectivity index (χ0v) is 15.1. The van der Waals surface area contributed by atoms with Gasteiger partial charge < -0.3 is 4.90 Å². The van der Waals surface area contributed by atoms with Crippen molar-refractivity contribution >= 4 is 29.1 Å². The van der Waals surface area contributed by atoms with Crippen LogP contribution in [0.5, 0.6) is 0 Å². The molecule has 3 nitrogen and oxygen atoms in total. The van der Waals surface area contributed by atoms with Crippen molar-refractivity contribution in [1.82, 2.24) is 9.80 Å². The van der Waals surface area contributed by atoms with Crippen molar-refractivity contribution < 1.29 is 4.79 Å². The van der Waals surface area contributed by atoms with Crippen LogP contribution in [-0.4, -0.2) is 42.4 Å². The van der Waals surface area contributed by atoms with Crippen molar-refractivity contribution in [2.45, 2.75) is 32.2 Å². The van der Waals surface area contributed by atoms with E-state index in [4.69, 9.17) is 23.2 Å². The minimum absolute atomic E-state index is 0.328. The number of piperidine rings is 1. The maximum absolute atomic E-state index is 12.0. The fourth-order valence-corrected chi connectivity index (χ4v) is 3.66. The number of hydrogen-bond donors (Lipinski definition) is 0. The summed E-state index contributed by atoms with van der Waals surface area (Å²) in [4.78, 5) is 16.4. The van der Waals surface area contributed by atoms with Crippen molar-refractivity contribution in [3.05, 3.63) is 33.8 Å². The molecular formula is C18H24Cl2N2O. The van der Waals surface area contributed by atoms with Crippen LogP contribution in [0, 0.1) is 11.8 Å². The van der Waals surface area contributed by atoms with Crippen LogP contribution in [0.4, 0.5) is 0 Å². The molecule has 1 aliphatic heterocycles. The van der Waals surface area contributed by atoms with Gasteiger partial charge in [-0.1, -0.05) is 29.3 Å². The van der Waals surface area contributed by atoms with Crippen LogP contribution < -0.4 is 0 Å². The van der Waals surface area contributed by atoms with Crippen LogP contribution in [0.2, 0.25) is 10.0 Å². The summed E-state index contributed by atoms with van der Waals surface area (Å²) in [6.45, 7) is 3.99. The molecule has 23 heavy (non-hydrogen) atoms. The highest BCUT2D eigenvalue weighted by molar-refractivity contribution is 6.42. The van der Waals surface area contributed by atoms with Crippen molar-refractivity contribution in [2.75, 3.05) is 26.7 Å². The fraction of sp³-hybridized carbons (Fsp3) is 0.611. The first-order valence-corrected chi connectivity index (χ1v) is 9.20. The van der Waals surface area contributed by atoms with E-state index in [1.165, 1.54) is 5.56 Å². The Labute approximate surface area is 148 Å². The van der Waals surface area contributed by atoms with Crippen LogP contribution in [0.25, 0.3) is 0 Å². The Morgan fingerprint density at radius 1 is 1.17 bits per heavy atom. The number of benzene rings is 1. The Kier molecular flexibility index (Phi) is 5.50. The molecule has 2 fully saturated rings. The highest BCUT2D eigenvalue weighted by atomic mass is 35.5. The van der Waals surface area contributed by atoms with E-state index in [9.17, 15) is 4.79 Å². The molecule has 0 aromatic heterocycles. The second kappa shape index (κ2) is 7.42. The Bertz CT molecular complexity index is 566. The Morgan fingerprint density at radius 2 is 1.87 bits per heavy atom. The molecule has 1 aliphatic carbocycles. The number of likely N-dealkylation sites (tertiary alicyclic amines) is 1. The third-order valence-electron chi connectivity index (χ3n) is 4.93. The molecule has 1 heterocycles. The van der Waals surface area contributed by atoms with E-state index in [1.54, 1.807) is 0 Å². The largest absolute Gasteiger partial charge is 0.345 e. The van der Waals surface area contributed by atoms with E-state index in [1.807, 2.05) is 30.1 Å². The molecule has 0 unspecified atom stereocenters. The van der Waals surface area contributed by atoms with Gasteiger partial charge in [0.15, 0.2) is 0 Å². The molecule has 0 radical (unpaired) electrons. The lowest BCUT2D eigenvalue weighted by molar-refractivity contribution is -0.132. The standard InChI is InChI=1S/C18H24Cl2N2O/c1-21(18(23)15-3-4-15)11-13-6-8-22(9-7-13)12-14-2-5-16(19)17(20)10-14/h2,5,10,13,15H,3-4,6-9,11-12H2,1H3. The average molecular weight is 355 g/mol. The predicted octanol–water partition coefficient (Wildman–Crippen LogP) is 4.07. The average Bonchev–Trinajstić information content (AvgIpc) is 3.37. The number of halogens is 2. The van der Waals surface area contributed by atoms with Crippen molar-refractivity contribution in [3.63, 3.8) is 0 Å². The molecule has 1 aromatic carbocycles. The SMILES string of the molecule is CN(CC1CCN(Cc2ccc(Cl)c(Cl)c2)CC1)C(=O)C1CC1. The lowest BCUT2D eigenvalue weighted by atomic mass is 9.96. The van der Waals surface area contributed by atoms with Gasteiger partial charge in [-0.05, 0) is 62.4 Å².